The lowest BCUT2D eigenvalue weighted by Crippen LogP contribution is -2.26. The van der Waals surface area contributed by atoms with Crippen molar-refractivity contribution >= 4 is 27.3 Å². The predicted octanol–water partition coefficient (Wildman–Crippen LogP) is 2.65. The van der Waals surface area contributed by atoms with Crippen molar-refractivity contribution in [3.05, 3.63) is 47.1 Å². The Morgan fingerprint density at radius 2 is 2.30 bits per heavy atom. The van der Waals surface area contributed by atoms with E-state index in [0.29, 0.717) is 10.7 Å². The van der Waals surface area contributed by atoms with Gasteiger partial charge in [0.05, 0.1) is 10.9 Å². The molecule has 5 nitrogen and oxygen atoms in total. The lowest BCUT2D eigenvalue weighted by molar-refractivity contribution is 0.0942. The van der Waals surface area contributed by atoms with Crippen molar-refractivity contribution in [2.45, 2.75) is 13.0 Å². The summed E-state index contributed by atoms with van der Waals surface area (Å²) in [6, 6.07) is 5.96. The van der Waals surface area contributed by atoms with Crippen LogP contribution in [0.15, 0.2) is 30.6 Å². The number of carbonyl (C=O) groups is 1. The first kappa shape index (κ1) is 12.7. The van der Waals surface area contributed by atoms with Crippen LogP contribution in [0.2, 0.25) is 0 Å². The normalized spacial score (nSPS) is 12.5. The molecule has 0 saturated carbocycles. The second-order valence-electron chi connectivity index (χ2n) is 4.36. The van der Waals surface area contributed by atoms with Gasteiger partial charge in [0.2, 0.25) is 0 Å². The molecule has 7 heteroatoms. The van der Waals surface area contributed by atoms with Gasteiger partial charge in [0, 0.05) is 4.70 Å². The zero-order chi connectivity index (χ0) is 14.1. The molecule has 2 aromatic heterocycles. The number of halogens is 1. The zero-order valence-corrected chi connectivity index (χ0v) is 11.4. The van der Waals surface area contributed by atoms with Crippen molar-refractivity contribution in [2.75, 3.05) is 0 Å². The molecule has 3 rings (SSSR count). The maximum Gasteiger partial charge on any atom is 0.261 e. The number of aromatic nitrogens is 3. The van der Waals surface area contributed by atoms with Gasteiger partial charge < -0.3 is 5.32 Å². The number of aromatic amines is 1. The highest BCUT2D eigenvalue weighted by molar-refractivity contribution is 7.20. The Hall–Kier alpha value is -2.28. The number of nitrogens with zero attached hydrogens (tertiary/aromatic N) is 2. The van der Waals surface area contributed by atoms with Gasteiger partial charge in [-0.1, -0.05) is 6.07 Å². The minimum Gasteiger partial charge on any atom is -0.342 e. The van der Waals surface area contributed by atoms with E-state index in [9.17, 15) is 9.18 Å². The van der Waals surface area contributed by atoms with Gasteiger partial charge in [-0.2, -0.15) is 5.10 Å². The highest BCUT2D eigenvalue weighted by Gasteiger charge is 2.15. The third-order valence-corrected chi connectivity index (χ3v) is 3.99. The highest BCUT2D eigenvalue weighted by atomic mass is 32.1. The molecule has 102 valence electrons. The minimum atomic E-state index is -0.304. The maximum atomic E-state index is 13.1. The lowest BCUT2D eigenvalue weighted by Gasteiger charge is -2.09. The number of hydrogen-bond donors (Lipinski definition) is 2. The number of rotatable bonds is 3. The average Bonchev–Trinajstić information content (AvgIpc) is 3.07. The summed E-state index contributed by atoms with van der Waals surface area (Å²) < 4.78 is 13.9. The van der Waals surface area contributed by atoms with Gasteiger partial charge in [-0.15, -0.1) is 11.3 Å². The molecular formula is C13H11FN4OS. The number of H-pyrrole nitrogens is 1. The molecular weight excluding hydrogens is 279 g/mol. The van der Waals surface area contributed by atoms with Gasteiger partial charge in [0.25, 0.3) is 5.91 Å². The molecule has 2 heterocycles. The van der Waals surface area contributed by atoms with Gasteiger partial charge in [-0.25, -0.2) is 9.37 Å². The van der Waals surface area contributed by atoms with Crippen molar-refractivity contribution < 1.29 is 9.18 Å². The first-order valence-corrected chi connectivity index (χ1v) is 6.80. The summed E-state index contributed by atoms with van der Waals surface area (Å²) in [4.78, 5) is 16.7. The van der Waals surface area contributed by atoms with Crippen LogP contribution in [-0.4, -0.2) is 21.1 Å². The van der Waals surface area contributed by atoms with Crippen molar-refractivity contribution in [1.82, 2.24) is 20.5 Å². The Balaban J connectivity index is 1.82. The van der Waals surface area contributed by atoms with E-state index in [0.717, 1.165) is 10.1 Å². The molecule has 0 spiro atoms. The van der Waals surface area contributed by atoms with E-state index in [4.69, 9.17) is 0 Å². The van der Waals surface area contributed by atoms with Gasteiger partial charge >= 0.3 is 0 Å². The third kappa shape index (κ3) is 2.39. The summed E-state index contributed by atoms with van der Waals surface area (Å²) in [7, 11) is 0. The Labute approximate surface area is 117 Å². The number of thiophene rings is 1. The fourth-order valence-corrected chi connectivity index (χ4v) is 2.87. The number of amides is 1. The quantitative estimate of drug-likeness (QED) is 0.779. The van der Waals surface area contributed by atoms with E-state index in [-0.39, 0.29) is 17.8 Å². The topological polar surface area (TPSA) is 70.7 Å². The molecule has 0 aliphatic heterocycles. The Bertz CT molecular complexity index is 753. The summed E-state index contributed by atoms with van der Waals surface area (Å²) in [5.41, 5.74) is 0. The van der Waals surface area contributed by atoms with Crippen molar-refractivity contribution in [2.24, 2.45) is 0 Å². The second-order valence-corrected chi connectivity index (χ2v) is 5.44. The number of hydrogen-bond acceptors (Lipinski definition) is 4. The van der Waals surface area contributed by atoms with E-state index < -0.39 is 0 Å². The molecule has 2 N–H and O–H groups in total. The molecule has 0 aliphatic rings. The predicted molar refractivity (Wildman–Crippen MR) is 74.0 cm³/mol. The van der Waals surface area contributed by atoms with E-state index in [2.05, 4.69) is 20.5 Å². The summed E-state index contributed by atoms with van der Waals surface area (Å²) in [6.45, 7) is 1.81. The van der Waals surface area contributed by atoms with Crippen LogP contribution in [0.4, 0.5) is 4.39 Å². The minimum absolute atomic E-state index is 0.212. The summed E-state index contributed by atoms with van der Waals surface area (Å²) in [5, 5.41) is 10.1. The first-order chi connectivity index (χ1) is 9.63. The van der Waals surface area contributed by atoms with Crippen LogP contribution >= 0.6 is 11.3 Å². The molecule has 1 amide bonds. The van der Waals surface area contributed by atoms with Crippen molar-refractivity contribution in [3.63, 3.8) is 0 Å². The number of fused-ring (bicyclic) bond motifs is 1. The molecule has 0 radical (unpaired) electrons. The lowest BCUT2D eigenvalue weighted by atomic mass is 10.2. The fraction of sp³-hybridized carbons (Fsp3) is 0.154. The molecule has 0 bridgehead atoms. The van der Waals surface area contributed by atoms with Crippen LogP contribution in [0.3, 0.4) is 0 Å². The van der Waals surface area contributed by atoms with Crippen LogP contribution in [0.25, 0.3) is 10.1 Å². The second kappa shape index (κ2) is 5.01. The monoisotopic (exact) mass is 290 g/mol. The van der Waals surface area contributed by atoms with Gasteiger partial charge in [-0.3, -0.25) is 9.89 Å². The largest absolute Gasteiger partial charge is 0.342 e. The van der Waals surface area contributed by atoms with E-state index in [1.165, 1.54) is 29.8 Å². The van der Waals surface area contributed by atoms with E-state index >= 15 is 0 Å². The standard InChI is InChI=1S/C13H11FN4OS/c1-7(12-15-6-16-18-12)17-13(19)11-4-8-2-3-9(14)5-10(8)20-11/h2-7H,1H3,(H,17,19)(H,15,16,18). The average molecular weight is 290 g/mol. The molecule has 0 aliphatic carbocycles. The van der Waals surface area contributed by atoms with Gasteiger partial charge in [0.1, 0.15) is 18.0 Å². The fourth-order valence-electron chi connectivity index (χ4n) is 1.88. The van der Waals surface area contributed by atoms with E-state index in [1.807, 2.05) is 6.92 Å². The molecule has 20 heavy (non-hydrogen) atoms. The molecule has 0 fully saturated rings. The number of nitrogens with one attached hydrogen (secondary N) is 2. The third-order valence-electron chi connectivity index (χ3n) is 2.90. The maximum absolute atomic E-state index is 13.1. The van der Waals surface area contributed by atoms with E-state index in [1.54, 1.807) is 12.1 Å². The van der Waals surface area contributed by atoms with Gasteiger partial charge in [-0.05, 0) is 30.5 Å². The SMILES string of the molecule is CC(NC(=O)c1cc2ccc(F)cc2s1)c1ncn[nH]1. The summed E-state index contributed by atoms with van der Waals surface area (Å²) in [6.07, 6.45) is 1.39. The summed E-state index contributed by atoms with van der Waals surface area (Å²) >= 11 is 1.26. The van der Waals surface area contributed by atoms with Crippen molar-refractivity contribution in [1.29, 1.82) is 0 Å². The van der Waals surface area contributed by atoms with Crippen LogP contribution < -0.4 is 5.32 Å². The number of carbonyl (C=O) groups excluding carboxylic acids is 1. The van der Waals surface area contributed by atoms with Crippen LogP contribution in [0, 0.1) is 5.82 Å². The molecule has 3 aromatic rings. The van der Waals surface area contributed by atoms with Crippen LogP contribution in [0.1, 0.15) is 28.5 Å². The Morgan fingerprint density at radius 3 is 3.05 bits per heavy atom. The Kier molecular flexibility index (Phi) is 3.19. The molecule has 1 aromatic carbocycles. The van der Waals surface area contributed by atoms with Crippen LogP contribution in [-0.2, 0) is 0 Å². The first-order valence-electron chi connectivity index (χ1n) is 5.99. The molecule has 1 unspecified atom stereocenters. The molecule has 0 saturated heterocycles. The highest BCUT2D eigenvalue weighted by Crippen LogP contribution is 2.26. The smallest absolute Gasteiger partial charge is 0.261 e. The van der Waals surface area contributed by atoms with Gasteiger partial charge in [0.15, 0.2) is 0 Å². The zero-order valence-electron chi connectivity index (χ0n) is 10.6. The molecule has 1 atom stereocenters. The number of benzene rings is 1. The summed E-state index contributed by atoms with van der Waals surface area (Å²) in [5.74, 6) is 0.0716. The van der Waals surface area contributed by atoms with Crippen molar-refractivity contribution in [3.8, 4) is 0 Å². The van der Waals surface area contributed by atoms with Crippen LogP contribution in [0.5, 0.6) is 0 Å². The Morgan fingerprint density at radius 1 is 1.45 bits per heavy atom.